The van der Waals surface area contributed by atoms with Gasteiger partial charge in [-0.15, -0.1) is 17.0 Å². The Morgan fingerprint density at radius 3 is 1.70 bits per heavy atom. The van der Waals surface area contributed by atoms with Gasteiger partial charge in [-0.3, -0.25) is 0 Å². The summed E-state index contributed by atoms with van der Waals surface area (Å²) in [5, 5.41) is 2.26. The number of ether oxygens (including phenoxy) is 4. The maximum Gasteiger partial charge on any atom is 0.148 e. The van der Waals surface area contributed by atoms with E-state index in [9.17, 15) is 0 Å². The quantitative estimate of drug-likeness (QED) is 0.0827. The lowest BCUT2D eigenvalue weighted by Crippen LogP contribution is -2.43. The monoisotopic (exact) mass is 764 g/mol. The third-order valence-corrected chi connectivity index (χ3v) is 24.2. The first-order valence-corrected chi connectivity index (χ1v) is 24.5. The summed E-state index contributed by atoms with van der Waals surface area (Å²) >= 11 is 0. The number of methoxy groups -OCH3 is 2. The molecule has 2 atom stereocenters. The molecule has 0 aliphatic heterocycles. The largest absolute Gasteiger partial charge is 0.359 e. The fourth-order valence-corrected chi connectivity index (χ4v) is 19.5. The molecule has 0 bridgehead atoms. The van der Waals surface area contributed by atoms with Gasteiger partial charge in [-0.25, -0.2) is 0 Å². The van der Waals surface area contributed by atoms with Gasteiger partial charge < -0.3 is 18.9 Å². The van der Waals surface area contributed by atoms with Crippen molar-refractivity contribution < 1.29 is 18.9 Å². The fraction of sp³-hybridized carbons (Fsp3) is 0.542. The molecule has 292 valence electrons. The molecule has 0 heterocycles. The van der Waals surface area contributed by atoms with E-state index in [4.69, 9.17) is 18.9 Å². The van der Waals surface area contributed by atoms with Crippen LogP contribution in [0.3, 0.4) is 0 Å². The molecule has 0 aliphatic rings. The Hall–Kier alpha value is -3.13. The van der Waals surface area contributed by atoms with E-state index >= 15 is 0 Å². The van der Waals surface area contributed by atoms with E-state index in [1.165, 1.54) is 0 Å². The number of hydrogen-bond donors (Lipinski definition) is 0. The van der Waals surface area contributed by atoms with Crippen molar-refractivity contribution in [3.05, 3.63) is 82.9 Å². The summed E-state index contributed by atoms with van der Waals surface area (Å²) in [4.78, 5) is 0. The maximum absolute atomic E-state index is 6.34. The molecular formula is C48H68O4Si2. The maximum atomic E-state index is 6.34. The van der Waals surface area contributed by atoms with Crippen LogP contribution in [0.1, 0.15) is 118 Å². The van der Waals surface area contributed by atoms with E-state index in [1.54, 1.807) is 14.2 Å². The fourth-order valence-electron chi connectivity index (χ4n) is 8.93. The third kappa shape index (κ3) is 10.8. The van der Waals surface area contributed by atoms with Gasteiger partial charge in [0, 0.05) is 38.2 Å². The molecule has 0 N–H and O–H groups in total. The second-order valence-corrected chi connectivity index (χ2v) is 27.7. The Labute approximate surface area is 331 Å². The first kappa shape index (κ1) is 45.3. The predicted molar refractivity (Wildman–Crippen MR) is 235 cm³/mol. The molecule has 0 spiro atoms. The molecular weight excluding hydrogens is 697 g/mol. The molecule has 4 nitrogen and oxygen atoms in total. The zero-order valence-corrected chi connectivity index (χ0v) is 37.9. The lowest BCUT2D eigenvalue weighted by Gasteiger charge is -2.38. The van der Waals surface area contributed by atoms with Gasteiger partial charge in [0.2, 0.25) is 0 Å². The van der Waals surface area contributed by atoms with Gasteiger partial charge >= 0.3 is 0 Å². The van der Waals surface area contributed by atoms with Gasteiger partial charge in [0.1, 0.15) is 35.8 Å². The zero-order valence-electron chi connectivity index (χ0n) is 35.9. The van der Waals surface area contributed by atoms with E-state index in [-0.39, 0.29) is 25.8 Å². The number of fused-ring (bicyclic) bond motifs is 1. The Balaban J connectivity index is 2.16. The Kier molecular flexibility index (Phi) is 17.8. The molecule has 0 amide bonds. The van der Waals surface area contributed by atoms with E-state index in [0.29, 0.717) is 46.1 Å². The van der Waals surface area contributed by atoms with E-state index in [2.05, 4.69) is 172 Å². The second kappa shape index (κ2) is 21.3. The highest BCUT2D eigenvalue weighted by atomic mass is 28.3. The van der Waals surface area contributed by atoms with Crippen molar-refractivity contribution in [2.24, 2.45) is 0 Å². The molecule has 3 rings (SSSR count). The minimum atomic E-state index is -1.97. The van der Waals surface area contributed by atoms with Crippen LogP contribution in [0.2, 0.25) is 33.2 Å². The van der Waals surface area contributed by atoms with Crippen LogP contribution >= 0.6 is 0 Å². The highest BCUT2D eigenvalue weighted by Gasteiger charge is 2.42. The molecule has 0 saturated heterocycles. The molecule has 0 radical (unpaired) electrons. The first-order chi connectivity index (χ1) is 25.7. The van der Waals surface area contributed by atoms with Gasteiger partial charge in [-0.1, -0.05) is 155 Å². The molecule has 3 aromatic rings. The normalized spacial score (nSPS) is 13.3. The summed E-state index contributed by atoms with van der Waals surface area (Å²) in [6, 6.07) is 21.1. The van der Waals surface area contributed by atoms with Crippen LogP contribution in [0.25, 0.3) is 10.8 Å². The van der Waals surface area contributed by atoms with Crippen molar-refractivity contribution in [3.8, 4) is 34.8 Å². The van der Waals surface area contributed by atoms with E-state index < -0.39 is 16.1 Å². The second-order valence-electron chi connectivity index (χ2n) is 16.6. The molecule has 0 aliphatic carbocycles. The predicted octanol–water partition coefficient (Wildman–Crippen LogP) is 12.3. The summed E-state index contributed by atoms with van der Waals surface area (Å²) in [5.74, 6) is 14.5. The Bertz CT molecular complexity index is 1780. The van der Waals surface area contributed by atoms with Gasteiger partial charge in [-0.2, -0.15) is 0 Å². The summed E-state index contributed by atoms with van der Waals surface area (Å²) in [5.41, 5.74) is 15.1. The topological polar surface area (TPSA) is 36.9 Å². The van der Waals surface area contributed by atoms with Crippen LogP contribution < -0.4 is 0 Å². The zero-order chi connectivity index (χ0) is 40.1. The minimum Gasteiger partial charge on any atom is -0.359 e. The highest BCUT2D eigenvalue weighted by molar-refractivity contribution is 6.91. The van der Waals surface area contributed by atoms with Crippen molar-refractivity contribution in [1.29, 1.82) is 0 Å². The molecule has 3 aromatic carbocycles. The first-order valence-electron chi connectivity index (χ1n) is 20.0. The average Bonchev–Trinajstić information content (AvgIpc) is 3.12. The van der Waals surface area contributed by atoms with Crippen molar-refractivity contribution in [2.45, 2.75) is 141 Å². The standard InChI is InChI=1S/C48H68O4Si2/c1-35(2)53(36(3)4,37(5)6)30-19-24-48(52-34-50-14)47-23-18-16-21-42(47)27-28-46-43(26-25-41-20-15-17-22-45(41)46)32-44(51-33-49-13)29-31-54(38(7)8,39(9)10)40(11)12/h15-18,20-23,25-26,35-40,44,48H,24,32-34H2,1-14H3/t44-,48?/m0/s1. The molecule has 0 fully saturated rings. The molecule has 6 heteroatoms. The number of hydrogen-bond acceptors (Lipinski definition) is 4. The van der Waals surface area contributed by atoms with Crippen LogP contribution in [-0.4, -0.2) is 50.1 Å². The molecule has 1 unspecified atom stereocenters. The molecule has 0 aromatic heterocycles. The van der Waals surface area contributed by atoms with Crippen molar-refractivity contribution >= 4 is 26.9 Å². The highest BCUT2D eigenvalue weighted by Crippen LogP contribution is 2.42. The van der Waals surface area contributed by atoms with Crippen molar-refractivity contribution in [1.82, 2.24) is 0 Å². The molecule has 0 saturated carbocycles. The lowest BCUT2D eigenvalue weighted by atomic mass is 9.94. The van der Waals surface area contributed by atoms with Crippen molar-refractivity contribution in [3.63, 3.8) is 0 Å². The van der Waals surface area contributed by atoms with Gasteiger partial charge in [0.05, 0.1) is 6.10 Å². The van der Waals surface area contributed by atoms with Crippen LogP contribution in [-0.2, 0) is 25.4 Å². The van der Waals surface area contributed by atoms with Gasteiger partial charge in [0.15, 0.2) is 0 Å². The minimum absolute atomic E-state index is 0.182. The lowest BCUT2D eigenvalue weighted by molar-refractivity contribution is -0.0714. The van der Waals surface area contributed by atoms with Crippen LogP contribution in [0.15, 0.2) is 60.7 Å². The Morgan fingerprint density at radius 2 is 1.11 bits per heavy atom. The Morgan fingerprint density at radius 1 is 0.574 bits per heavy atom. The van der Waals surface area contributed by atoms with Crippen LogP contribution in [0.4, 0.5) is 0 Å². The van der Waals surface area contributed by atoms with Gasteiger partial charge in [0.25, 0.3) is 0 Å². The number of benzene rings is 3. The summed E-state index contributed by atoms with van der Waals surface area (Å²) in [7, 11) is -0.530. The van der Waals surface area contributed by atoms with Crippen LogP contribution in [0.5, 0.6) is 0 Å². The van der Waals surface area contributed by atoms with Crippen molar-refractivity contribution in [2.75, 3.05) is 27.8 Å². The summed E-state index contributed by atoms with van der Waals surface area (Å²) in [6.45, 7) is 28.5. The number of rotatable bonds is 16. The van der Waals surface area contributed by atoms with E-state index in [1.807, 2.05) is 6.07 Å². The smallest absolute Gasteiger partial charge is 0.148 e. The average molecular weight is 765 g/mol. The molecule has 54 heavy (non-hydrogen) atoms. The van der Waals surface area contributed by atoms with E-state index in [0.717, 1.165) is 33.0 Å². The SMILES string of the molecule is COCOC(CC#C[Si](C(C)C)(C(C)C)C(C)C)c1ccccc1C#Cc1c(C[C@H](C#C[Si](C(C)C)(C(C)C)C(C)C)OCOC)ccc2ccccc12. The third-order valence-electron chi connectivity index (χ3n) is 11.6. The summed E-state index contributed by atoms with van der Waals surface area (Å²) in [6.07, 6.45) is 0.579. The van der Waals surface area contributed by atoms with Crippen LogP contribution in [0, 0.1) is 34.8 Å². The summed E-state index contributed by atoms with van der Waals surface area (Å²) < 4.78 is 23.4. The van der Waals surface area contributed by atoms with Gasteiger partial charge in [-0.05, 0) is 61.2 Å².